The number of aliphatic carboxylic acids is 2. The van der Waals surface area contributed by atoms with E-state index in [1.165, 1.54) is 12.1 Å². The summed E-state index contributed by atoms with van der Waals surface area (Å²) < 4.78 is 0. The Morgan fingerprint density at radius 3 is 2.09 bits per heavy atom. The first-order chi connectivity index (χ1) is 10.7. The van der Waals surface area contributed by atoms with Crippen LogP contribution in [0.2, 0.25) is 5.02 Å². The van der Waals surface area contributed by atoms with E-state index in [4.69, 9.17) is 21.8 Å². The smallest absolute Gasteiger partial charge is 0.305 e. The van der Waals surface area contributed by atoms with Crippen LogP contribution in [0.3, 0.4) is 0 Å². The van der Waals surface area contributed by atoms with Crippen molar-refractivity contribution >= 4 is 35.1 Å². The second-order valence-corrected chi connectivity index (χ2v) is 4.91. The van der Waals surface area contributed by atoms with Gasteiger partial charge < -0.3 is 15.1 Å². The molecule has 0 heterocycles. The van der Waals surface area contributed by atoms with Gasteiger partial charge in [-0.15, -0.1) is 0 Å². The van der Waals surface area contributed by atoms with E-state index in [-0.39, 0.29) is 36.5 Å². The van der Waals surface area contributed by atoms with Gasteiger partial charge in [-0.25, -0.2) is 0 Å². The summed E-state index contributed by atoms with van der Waals surface area (Å²) in [4.78, 5) is 44.7. The highest BCUT2D eigenvalue weighted by Gasteiger charge is 2.21. The molecule has 23 heavy (non-hydrogen) atoms. The van der Waals surface area contributed by atoms with E-state index in [2.05, 4.69) is 0 Å². The van der Waals surface area contributed by atoms with Crippen LogP contribution in [0.1, 0.15) is 23.2 Å². The summed E-state index contributed by atoms with van der Waals surface area (Å²) in [7, 11) is 0. The Morgan fingerprint density at radius 2 is 1.65 bits per heavy atom. The minimum absolute atomic E-state index is 0.0723. The highest BCUT2D eigenvalue weighted by molar-refractivity contribution is 6.32. The van der Waals surface area contributed by atoms with Crippen molar-refractivity contribution in [2.45, 2.75) is 12.8 Å². The molecule has 0 bridgehead atoms. The monoisotopic (exact) mass is 344 g/mol. The van der Waals surface area contributed by atoms with Crippen molar-refractivity contribution < 1.29 is 29.5 Å². The van der Waals surface area contributed by atoms with E-state index in [1.54, 1.807) is 0 Å². The summed E-state index contributed by atoms with van der Waals surface area (Å²) in [5.74, 6) is -3.01. The summed E-state index contributed by atoms with van der Waals surface area (Å²) >= 11 is 5.66. The number of halogens is 1. The Bertz CT molecular complexity index is 629. The van der Waals surface area contributed by atoms with Crippen LogP contribution >= 0.6 is 11.6 Å². The summed E-state index contributed by atoms with van der Waals surface area (Å²) in [6, 6.07) is 3.41. The third kappa shape index (κ3) is 5.55. The van der Waals surface area contributed by atoms with Crippen LogP contribution < -0.4 is 0 Å². The second-order valence-electron chi connectivity index (χ2n) is 4.50. The standard InChI is InChI=1S/C13H13ClN2O7/c14-9-2-1-8(7-10(9)16(22)23)13(21)15(5-3-11(17)18)6-4-12(19)20/h1-2,7H,3-6H2,(H,17,18)(H,19,20). The minimum atomic E-state index is -1.15. The van der Waals surface area contributed by atoms with Gasteiger partial charge in [-0.2, -0.15) is 0 Å². The first-order valence-electron chi connectivity index (χ1n) is 6.39. The zero-order valence-electron chi connectivity index (χ0n) is 11.8. The Hall–Kier alpha value is -2.68. The quantitative estimate of drug-likeness (QED) is 0.539. The fourth-order valence-corrected chi connectivity index (χ4v) is 1.93. The van der Waals surface area contributed by atoms with Gasteiger partial charge in [0.15, 0.2) is 0 Å². The first kappa shape index (κ1) is 18.4. The molecule has 0 atom stereocenters. The lowest BCUT2D eigenvalue weighted by Gasteiger charge is -2.21. The fraction of sp³-hybridized carbons (Fsp3) is 0.308. The predicted molar refractivity (Wildman–Crippen MR) is 78.5 cm³/mol. The number of carboxylic acids is 2. The predicted octanol–water partition coefficient (Wildman–Crippen LogP) is 1.64. The average molecular weight is 345 g/mol. The Balaban J connectivity index is 3.02. The van der Waals surface area contributed by atoms with Gasteiger partial charge in [0.05, 0.1) is 17.8 Å². The molecule has 124 valence electrons. The maximum atomic E-state index is 12.3. The van der Waals surface area contributed by atoms with Crippen LogP contribution in [0, 0.1) is 10.1 Å². The number of nitrogens with zero attached hydrogens (tertiary/aromatic N) is 2. The molecule has 2 N–H and O–H groups in total. The van der Waals surface area contributed by atoms with Crippen LogP contribution in [-0.4, -0.2) is 51.0 Å². The Labute approximate surface area is 135 Å². The number of rotatable bonds is 8. The first-order valence-corrected chi connectivity index (χ1v) is 6.77. The summed E-state index contributed by atoms with van der Waals surface area (Å²) in [6.45, 7) is -0.421. The minimum Gasteiger partial charge on any atom is -0.481 e. The molecule has 0 unspecified atom stereocenters. The number of benzene rings is 1. The number of nitro groups is 1. The molecule has 0 saturated carbocycles. The fourth-order valence-electron chi connectivity index (χ4n) is 1.74. The molecule has 9 nitrogen and oxygen atoms in total. The maximum Gasteiger partial charge on any atom is 0.305 e. The molecule has 1 aromatic rings. The van der Waals surface area contributed by atoms with Crippen molar-refractivity contribution in [3.8, 4) is 0 Å². The molecular formula is C13H13ClN2O7. The van der Waals surface area contributed by atoms with Gasteiger partial charge >= 0.3 is 11.9 Å². The highest BCUT2D eigenvalue weighted by Crippen LogP contribution is 2.25. The SMILES string of the molecule is O=C(O)CCN(CCC(=O)O)C(=O)c1ccc(Cl)c([N+](=O)[O-])c1. The topological polar surface area (TPSA) is 138 Å². The number of hydrogen-bond donors (Lipinski definition) is 2. The van der Waals surface area contributed by atoms with Crippen molar-refractivity contribution in [1.82, 2.24) is 4.90 Å². The lowest BCUT2D eigenvalue weighted by Crippen LogP contribution is -2.35. The number of amides is 1. The van der Waals surface area contributed by atoms with Crippen molar-refractivity contribution in [3.05, 3.63) is 38.9 Å². The van der Waals surface area contributed by atoms with Crippen LogP contribution in [0.25, 0.3) is 0 Å². The lowest BCUT2D eigenvalue weighted by atomic mass is 10.1. The van der Waals surface area contributed by atoms with Gasteiger partial charge in [0.25, 0.3) is 11.6 Å². The van der Waals surface area contributed by atoms with Gasteiger partial charge in [-0.1, -0.05) is 11.6 Å². The zero-order valence-corrected chi connectivity index (χ0v) is 12.5. The molecule has 1 aromatic carbocycles. The third-order valence-electron chi connectivity index (χ3n) is 2.87. The van der Waals surface area contributed by atoms with Crippen LogP contribution in [0.4, 0.5) is 5.69 Å². The largest absolute Gasteiger partial charge is 0.481 e. The molecule has 0 fully saturated rings. The molecule has 1 rings (SSSR count). The molecule has 0 saturated heterocycles. The number of nitro benzene ring substituents is 1. The average Bonchev–Trinajstić information content (AvgIpc) is 2.46. The Kier molecular flexibility index (Phi) is 6.46. The molecule has 0 aliphatic rings. The third-order valence-corrected chi connectivity index (χ3v) is 3.19. The van der Waals surface area contributed by atoms with E-state index in [1.807, 2.05) is 0 Å². The van der Waals surface area contributed by atoms with E-state index in [0.29, 0.717) is 0 Å². The maximum absolute atomic E-state index is 12.3. The van der Waals surface area contributed by atoms with E-state index < -0.39 is 28.5 Å². The molecule has 0 spiro atoms. The second kappa shape index (κ2) is 8.08. The van der Waals surface area contributed by atoms with E-state index in [0.717, 1.165) is 11.0 Å². The molecule has 0 aliphatic carbocycles. The number of carboxylic acid groups (broad SMARTS) is 2. The number of carbonyl (C=O) groups is 3. The van der Waals surface area contributed by atoms with Crippen LogP contribution in [0.15, 0.2) is 18.2 Å². The van der Waals surface area contributed by atoms with Crippen molar-refractivity contribution in [3.63, 3.8) is 0 Å². The highest BCUT2D eigenvalue weighted by atomic mass is 35.5. The molecule has 10 heteroatoms. The van der Waals surface area contributed by atoms with Crippen molar-refractivity contribution in [2.24, 2.45) is 0 Å². The zero-order chi connectivity index (χ0) is 17.6. The number of hydrogen-bond acceptors (Lipinski definition) is 5. The molecule has 0 radical (unpaired) electrons. The van der Waals surface area contributed by atoms with E-state index in [9.17, 15) is 24.5 Å². The molecule has 1 amide bonds. The van der Waals surface area contributed by atoms with Crippen molar-refractivity contribution in [1.29, 1.82) is 0 Å². The normalized spacial score (nSPS) is 10.1. The van der Waals surface area contributed by atoms with Crippen LogP contribution in [0.5, 0.6) is 0 Å². The molecular weight excluding hydrogens is 332 g/mol. The van der Waals surface area contributed by atoms with Gasteiger partial charge in [-0.05, 0) is 12.1 Å². The van der Waals surface area contributed by atoms with E-state index >= 15 is 0 Å². The van der Waals surface area contributed by atoms with Gasteiger partial charge in [0, 0.05) is 24.7 Å². The van der Waals surface area contributed by atoms with Crippen molar-refractivity contribution in [2.75, 3.05) is 13.1 Å². The summed E-state index contributed by atoms with van der Waals surface area (Å²) in [5, 5.41) is 28.1. The lowest BCUT2D eigenvalue weighted by molar-refractivity contribution is -0.384. The Morgan fingerprint density at radius 1 is 1.13 bits per heavy atom. The molecule has 0 aliphatic heterocycles. The van der Waals surface area contributed by atoms with Gasteiger partial charge in [0.1, 0.15) is 5.02 Å². The summed E-state index contributed by atoms with van der Waals surface area (Å²) in [5.41, 5.74) is -0.536. The van der Waals surface area contributed by atoms with Gasteiger partial charge in [-0.3, -0.25) is 24.5 Å². The van der Waals surface area contributed by atoms with Crippen LogP contribution in [-0.2, 0) is 9.59 Å². The summed E-state index contributed by atoms with van der Waals surface area (Å²) in [6.07, 6.45) is -0.748. The number of carbonyl (C=O) groups excluding carboxylic acids is 1. The molecule has 0 aromatic heterocycles. The van der Waals surface area contributed by atoms with Gasteiger partial charge in [0.2, 0.25) is 0 Å².